The molecule has 2 aromatic rings. The molecule has 0 saturated carbocycles. The molecule has 0 fully saturated rings. The zero-order valence-corrected chi connectivity index (χ0v) is 14.5. The highest BCUT2D eigenvalue weighted by Gasteiger charge is 2.12. The third kappa shape index (κ3) is 5.07. The minimum atomic E-state index is -0.477. The summed E-state index contributed by atoms with van der Waals surface area (Å²) < 4.78 is 0. The van der Waals surface area contributed by atoms with Gasteiger partial charge in [0.15, 0.2) is 0 Å². The van der Waals surface area contributed by atoms with E-state index in [4.69, 9.17) is 23.2 Å². The van der Waals surface area contributed by atoms with Gasteiger partial charge in [0.05, 0.1) is 17.1 Å². The number of nitrogens with zero attached hydrogens (tertiary/aromatic N) is 2. The second-order valence-electron chi connectivity index (χ2n) is 4.95. The molecule has 0 unspecified atom stereocenters. The molecule has 0 bridgehead atoms. The SMILES string of the molecule is Cc1cc(C)nc(NNC(=O)CNC(=O)c2ccc(Cl)cc2Cl)n1. The molecule has 1 heterocycles. The fraction of sp³-hybridized carbons (Fsp3) is 0.200. The van der Waals surface area contributed by atoms with E-state index in [2.05, 4.69) is 26.1 Å². The van der Waals surface area contributed by atoms with Crippen molar-refractivity contribution in [3.63, 3.8) is 0 Å². The van der Waals surface area contributed by atoms with Crippen LogP contribution in [-0.2, 0) is 4.79 Å². The summed E-state index contributed by atoms with van der Waals surface area (Å²) in [7, 11) is 0. The Morgan fingerprint density at radius 2 is 1.75 bits per heavy atom. The lowest BCUT2D eigenvalue weighted by Gasteiger charge is -2.09. The molecule has 0 aliphatic rings. The van der Waals surface area contributed by atoms with Gasteiger partial charge >= 0.3 is 0 Å². The zero-order chi connectivity index (χ0) is 17.7. The lowest BCUT2D eigenvalue weighted by Crippen LogP contribution is -2.40. The largest absolute Gasteiger partial charge is 0.343 e. The Morgan fingerprint density at radius 3 is 2.38 bits per heavy atom. The molecule has 126 valence electrons. The molecule has 7 nitrogen and oxygen atoms in total. The van der Waals surface area contributed by atoms with E-state index in [0.29, 0.717) is 5.02 Å². The first-order chi connectivity index (χ1) is 11.3. The fourth-order valence-corrected chi connectivity index (χ4v) is 2.38. The highest BCUT2D eigenvalue weighted by Crippen LogP contribution is 2.20. The summed E-state index contributed by atoms with van der Waals surface area (Å²) in [4.78, 5) is 32.0. The van der Waals surface area contributed by atoms with Crippen LogP contribution in [0.1, 0.15) is 21.7 Å². The number of hydrogen-bond donors (Lipinski definition) is 3. The maximum Gasteiger partial charge on any atom is 0.257 e. The Labute approximate surface area is 148 Å². The highest BCUT2D eigenvalue weighted by molar-refractivity contribution is 6.36. The van der Waals surface area contributed by atoms with Gasteiger partial charge in [-0.05, 0) is 38.1 Å². The predicted molar refractivity (Wildman–Crippen MR) is 92.1 cm³/mol. The molecule has 0 spiro atoms. The molecule has 0 atom stereocenters. The summed E-state index contributed by atoms with van der Waals surface area (Å²) in [6, 6.07) is 6.29. The number of aromatic nitrogens is 2. The van der Waals surface area contributed by atoms with Gasteiger partial charge in [-0.15, -0.1) is 0 Å². The van der Waals surface area contributed by atoms with Gasteiger partial charge in [0, 0.05) is 16.4 Å². The maximum absolute atomic E-state index is 12.0. The van der Waals surface area contributed by atoms with Gasteiger partial charge in [0.1, 0.15) is 0 Å². The normalized spacial score (nSPS) is 10.2. The smallest absolute Gasteiger partial charge is 0.257 e. The Balaban J connectivity index is 1.85. The van der Waals surface area contributed by atoms with Crippen molar-refractivity contribution in [2.24, 2.45) is 0 Å². The number of aryl methyl sites for hydroxylation is 2. The first-order valence-electron chi connectivity index (χ1n) is 6.95. The van der Waals surface area contributed by atoms with Gasteiger partial charge in [-0.1, -0.05) is 23.2 Å². The van der Waals surface area contributed by atoms with Crippen LogP contribution >= 0.6 is 23.2 Å². The predicted octanol–water partition coefficient (Wildman–Crippen LogP) is 2.27. The molecule has 1 aromatic carbocycles. The van der Waals surface area contributed by atoms with E-state index in [9.17, 15) is 9.59 Å². The van der Waals surface area contributed by atoms with Gasteiger partial charge in [0.25, 0.3) is 11.8 Å². The molecule has 2 rings (SSSR count). The van der Waals surface area contributed by atoms with E-state index in [0.717, 1.165) is 11.4 Å². The van der Waals surface area contributed by atoms with Gasteiger partial charge in [-0.25, -0.2) is 9.97 Å². The average Bonchev–Trinajstić information content (AvgIpc) is 2.49. The number of rotatable bonds is 5. The van der Waals surface area contributed by atoms with Crippen molar-refractivity contribution >= 4 is 41.0 Å². The number of carbonyl (C=O) groups is 2. The van der Waals surface area contributed by atoms with E-state index < -0.39 is 11.8 Å². The molecule has 0 saturated heterocycles. The molecule has 1 aromatic heterocycles. The van der Waals surface area contributed by atoms with Crippen LogP contribution in [0.15, 0.2) is 24.3 Å². The van der Waals surface area contributed by atoms with Gasteiger partial charge in [-0.3, -0.25) is 20.4 Å². The summed E-state index contributed by atoms with van der Waals surface area (Å²) in [5.74, 6) is -0.668. The van der Waals surface area contributed by atoms with Crippen molar-refractivity contribution in [1.82, 2.24) is 20.7 Å². The first kappa shape index (κ1) is 18.0. The van der Waals surface area contributed by atoms with Crippen LogP contribution in [0.25, 0.3) is 0 Å². The number of benzene rings is 1. The third-order valence-corrected chi connectivity index (χ3v) is 3.43. The standard InChI is InChI=1S/C15H15Cl2N5O2/c1-8-5-9(2)20-15(19-8)22-21-13(23)7-18-14(24)11-4-3-10(16)6-12(11)17/h3-6H,7H2,1-2H3,(H,18,24)(H,21,23)(H,19,20,22). The number of amides is 2. The molecule has 0 radical (unpaired) electrons. The first-order valence-corrected chi connectivity index (χ1v) is 7.71. The number of hydrazine groups is 1. The number of halogens is 2. The van der Waals surface area contributed by atoms with Crippen LogP contribution in [0.2, 0.25) is 10.0 Å². The zero-order valence-electron chi connectivity index (χ0n) is 13.0. The topological polar surface area (TPSA) is 96.0 Å². The Morgan fingerprint density at radius 1 is 1.08 bits per heavy atom. The summed E-state index contributed by atoms with van der Waals surface area (Å²) in [5.41, 5.74) is 6.77. The van der Waals surface area contributed by atoms with E-state index in [1.807, 2.05) is 19.9 Å². The average molecular weight is 368 g/mol. The third-order valence-electron chi connectivity index (χ3n) is 2.88. The minimum absolute atomic E-state index is 0.210. The minimum Gasteiger partial charge on any atom is -0.343 e. The molecular formula is C15H15Cl2N5O2. The maximum atomic E-state index is 12.0. The lowest BCUT2D eigenvalue weighted by atomic mass is 10.2. The molecular weight excluding hydrogens is 353 g/mol. The monoisotopic (exact) mass is 367 g/mol. The summed E-state index contributed by atoms with van der Waals surface area (Å²) in [6.07, 6.45) is 0. The molecule has 0 aliphatic heterocycles. The highest BCUT2D eigenvalue weighted by atomic mass is 35.5. The van der Waals surface area contributed by atoms with Crippen molar-refractivity contribution in [2.45, 2.75) is 13.8 Å². The Hall–Kier alpha value is -2.38. The van der Waals surface area contributed by atoms with Gasteiger partial charge in [-0.2, -0.15) is 0 Å². The van der Waals surface area contributed by atoms with Crippen molar-refractivity contribution < 1.29 is 9.59 Å². The summed E-state index contributed by atoms with van der Waals surface area (Å²) >= 11 is 11.7. The van der Waals surface area contributed by atoms with E-state index in [1.54, 1.807) is 6.07 Å². The van der Waals surface area contributed by atoms with Crippen molar-refractivity contribution in [3.05, 3.63) is 51.3 Å². The Kier molecular flexibility index (Phi) is 5.94. The van der Waals surface area contributed by atoms with E-state index in [1.165, 1.54) is 12.1 Å². The van der Waals surface area contributed by atoms with Crippen LogP contribution in [0.5, 0.6) is 0 Å². The number of carbonyl (C=O) groups excluding carboxylic acids is 2. The van der Waals surface area contributed by atoms with Crippen molar-refractivity contribution in [3.8, 4) is 0 Å². The summed E-state index contributed by atoms with van der Waals surface area (Å²) in [5, 5.41) is 3.09. The van der Waals surface area contributed by atoms with Crippen molar-refractivity contribution in [2.75, 3.05) is 12.0 Å². The van der Waals surface area contributed by atoms with Crippen LogP contribution in [0, 0.1) is 13.8 Å². The Bertz CT molecular complexity index is 762. The second-order valence-corrected chi connectivity index (χ2v) is 5.80. The van der Waals surface area contributed by atoms with Gasteiger partial charge < -0.3 is 5.32 Å². The van der Waals surface area contributed by atoms with Crippen LogP contribution in [0.4, 0.5) is 5.95 Å². The molecule has 0 aliphatic carbocycles. The molecule has 9 heteroatoms. The lowest BCUT2D eigenvalue weighted by molar-refractivity contribution is -0.119. The van der Waals surface area contributed by atoms with E-state index in [-0.39, 0.29) is 23.1 Å². The van der Waals surface area contributed by atoms with Crippen LogP contribution in [-0.4, -0.2) is 28.3 Å². The van der Waals surface area contributed by atoms with Crippen LogP contribution in [0.3, 0.4) is 0 Å². The molecule has 24 heavy (non-hydrogen) atoms. The number of anilines is 1. The second kappa shape index (κ2) is 7.94. The van der Waals surface area contributed by atoms with Gasteiger partial charge in [0.2, 0.25) is 5.95 Å². The van der Waals surface area contributed by atoms with Crippen LogP contribution < -0.4 is 16.2 Å². The number of hydrogen-bond acceptors (Lipinski definition) is 5. The molecule has 3 N–H and O–H groups in total. The quantitative estimate of drug-likeness (QED) is 0.704. The number of nitrogens with one attached hydrogen (secondary N) is 3. The van der Waals surface area contributed by atoms with Crippen molar-refractivity contribution in [1.29, 1.82) is 0 Å². The van der Waals surface area contributed by atoms with E-state index >= 15 is 0 Å². The fourth-order valence-electron chi connectivity index (χ4n) is 1.88. The molecule has 2 amide bonds. The summed E-state index contributed by atoms with van der Waals surface area (Å²) in [6.45, 7) is 3.39.